The van der Waals surface area contributed by atoms with Gasteiger partial charge in [0.25, 0.3) is 0 Å². The van der Waals surface area contributed by atoms with Crippen LogP contribution in [0, 0.1) is 18.8 Å². The Morgan fingerprint density at radius 3 is 3.09 bits per heavy atom. The summed E-state index contributed by atoms with van der Waals surface area (Å²) in [4.78, 5) is 5.33. The smallest absolute Gasteiger partial charge is 0.167 e. The predicted molar refractivity (Wildman–Crippen MR) is 52.1 cm³/mol. The number of nitrogens with zero attached hydrogens (tertiary/aromatic N) is 1. The third-order valence-electron chi connectivity index (χ3n) is 1.04. The molecule has 1 heterocycles. The molecule has 0 spiro atoms. The summed E-state index contributed by atoms with van der Waals surface area (Å²) in [5, 5.41) is 1.85. The Morgan fingerprint density at radius 1 is 1.73 bits per heavy atom. The molecule has 0 aliphatic rings. The first-order chi connectivity index (χ1) is 5.33. The van der Waals surface area contributed by atoms with Crippen molar-refractivity contribution in [1.82, 2.24) is 4.98 Å². The van der Waals surface area contributed by atoms with Gasteiger partial charge in [-0.15, -0.1) is 11.3 Å². The van der Waals surface area contributed by atoms with Gasteiger partial charge >= 0.3 is 0 Å². The van der Waals surface area contributed by atoms with Crippen molar-refractivity contribution in [3.8, 4) is 11.8 Å². The van der Waals surface area contributed by atoms with Crippen molar-refractivity contribution in [3.05, 3.63) is 16.1 Å². The van der Waals surface area contributed by atoms with Gasteiger partial charge in [0, 0.05) is 22.8 Å². The maximum absolute atomic E-state index is 4.12. The van der Waals surface area contributed by atoms with Crippen LogP contribution >= 0.6 is 27.3 Å². The predicted octanol–water partition coefficient (Wildman–Crippen LogP) is 2.59. The zero-order valence-electron chi connectivity index (χ0n) is 6.22. The molecule has 0 unspecified atom stereocenters. The molecule has 0 radical (unpaired) electrons. The number of aryl methyl sites for hydroxylation is 1. The number of aromatic nitrogens is 1. The Morgan fingerprint density at radius 2 is 2.55 bits per heavy atom. The summed E-state index contributed by atoms with van der Waals surface area (Å²) >= 11 is 4.95. The second-order valence-corrected chi connectivity index (χ2v) is 4.04. The molecule has 0 saturated heterocycles. The number of rotatable bonds is 1. The van der Waals surface area contributed by atoms with E-state index in [0.29, 0.717) is 0 Å². The molecule has 0 saturated carbocycles. The highest BCUT2D eigenvalue weighted by Crippen LogP contribution is 2.08. The summed E-state index contributed by atoms with van der Waals surface area (Å²) in [6, 6.07) is 0. The summed E-state index contributed by atoms with van der Waals surface area (Å²) < 4.78 is 0. The van der Waals surface area contributed by atoms with E-state index < -0.39 is 0 Å². The molecule has 11 heavy (non-hydrogen) atoms. The first-order valence-corrected chi connectivity index (χ1v) is 5.24. The van der Waals surface area contributed by atoms with E-state index in [1.807, 2.05) is 13.1 Å². The van der Waals surface area contributed by atoms with Gasteiger partial charge in [-0.1, -0.05) is 21.9 Å². The standard InChI is InChI=1S/C8H8BrNS/c1-7-6-10-8(11-7)4-2-3-5-9/h6H,3,5H2,1H3. The Hall–Kier alpha value is -0.330. The molecule has 0 amide bonds. The van der Waals surface area contributed by atoms with Crippen LogP contribution in [0.25, 0.3) is 0 Å². The first-order valence-electron chi connectivity index (χ1n) is 3.30. The average molecular weight is 230 g/mol. The van der Waals surface area contributed by atoms with Gasteiger partial charge in [-0.3, -0.25) is 0 Å². The van der Waals surface area contributed by atoms with Crippen molar-refractivity contribution in [3.63, 3.8) is 0 Å². The first kappa shape index (κ1) is 8.76. The molecule has 0 aliphatic heterocycles. The van der Waals surface area contributed by atoms with E-state index in [1.165, 1.54) is 4.88 Å². The van der Waals surface area contributed by atoms with E-state index in [4.69, 9.17) is 0 Å². The SMILES string of the molecule is Cc1cnc(C#CCCBr)s1. The average Bonchev–Trinajstić information content (AvgIpc) is 2.37. The largest absolute Gasteiger partial charge is 0.236 e. The van der Waals surface area contributed by atoms with Gasteiger partial charge < -0.3 is 0 Å². The van der Waals surface area contributed by atoms with Crippen LogP contribution in [0.15, 0.2) is 6.20 Å². The molecule has 0 aliphatic carbocycles. The van der Waals surface area contributed by atoms with Gasteiger partial charge in [0.05, 0.1) is 0 Å². The Bertz CT molecular complexity index is 282. The van der Waals surface area contributed by atoms with Gasteiger partial charge in [0.15, 0.2) is 5.01 Å². The van der Waals surface area contributed by atoms with Gasteiger partial charge in [-0.2, -0.15) is 0 Å². The van der Waals surface area contributed by atoms with Crippen molar-refractivity contribution in [2.24, 2.45) is 0 Å². The molecule has 0 bridgehead atoms. The van der Waals surface area contributed by atoms with Crippen LogP contribution in [-0.2, 0) is 0 Å². The van der Waals surface area contributed by atoms with Crippen molar-refractivity contribution in [2.75, 3.05) is 5.33 Å². The summed E-state index contributed by atoms with van der Waals surface area (Å²) in [5.74, 6) is 6.01. The Balaban J connectivity index is 2.59. The summed E-state index contributed by atoms with van der Waals surface area (Å²) in [6.45, 7) is 2.04. The molecule has 58 valence electrons. The summed E-state index contributed by atoms with van der Waals surface area (Å²) in [5.41, 5.74) is 0. The number of alkyl halides is 1. The normalized spacial score (nSPS) is 8.91. The topological polar surface area (TPSA) is 12.9 Å². The van der Waals surface area contributed by atoms with Crippen molar-refractivity contribution < 1.29 is 0 Å². The monoisotopic (exact) mass is 229 g/mol. The molecule has 3 heteroatoms. The molecule has 0 atom stereocenters. The lowest BCUT2D eigenvalue weighted by Crippen LogP contribution is -1.69. The molecule has 0 aromatic carbocycles. The Kier molecular flexibility index (Phi) is 3.61. The molecule has 0 N–H and O–H groups in total. The zero-order chi connectivity index (χ0) is 8.10. The molecule has 1 rings (SSSR count). The summed E-state index contributed by atoms with van der Waals surface area (Å²) in [7, 11) is 0. The third-order valence-corrected chi connectivity index (χ3v) is 2.26. The second-order valence-electron chi connectivity index (χ2n) is 2.02. The van der Waals surface area contributed by atoms with Crippen LogP contribution in [0.3, 0.4) is 0 Å². The minimum Gasteiger partial charge on any atom is -0.236 e. The number of hydrogen-bond acceptors (Lipinski definition) is 2. The van der Waals surface area contributed by atoms with E-state index in [9.17, 15) is 0 Å². The Labute approximate surface area is 79.0 Å². The lowest BCUT2D eigenvalue weighted by molar-refractivity contribution is 1.31. The molecule has 1 aromatic rings. The van der Waals surface area contributed by atoms with Gasteiger partial charge in [-0.25, -0.2) is 4.98 Å². The van der Waals surface area contributed by atoms with E-state index in [-0.39, 0.29) is 0 Å². The number of hydrogen-bond donors (Lipinski definition) is 0. The van der Waals surface area contributed by atoms with Crippen LogP contribution in [0.5, 0.6) is 0 Å². The maximum Gasteiger partial charge on any atom is 0.167 e. The van der Waals surface area contributed by atoms with E-state index >= 15 is 0 Å². The lowest BCUT2D eigenvalue weighted by atomic mass is 10.5. The van der Waals surface area contributed by atoms with Gasteiger partial charge in [0.2, 0.25) is 0 Å². The minimum atomic E-state index is 0.888. The van der Waals surface area contributed by atoms with E-state index in [0.717, 1.165) is 16.8 Å². The second kappa shape index (κ2) is 4.53. The van der Waals surface area contributed by atoms with Crippen molar-refractivity contribution >= 4 is 27.3 Å². The van der Waals surface area contributed by atoms with Crippen LogP contribution < -0.4 is 0 Å². The maximum atomic E-state index is 4.12. The molecule has 0 fully saturated rings. The van der Waals surface area contributed by atoms with Crippen molar-refractivity contribution in [1.29, 1.82) is 0 Å². The minimum absolute atomic E-state index is 0.888. The van der Waals surface area contributed by atoms with Crippen LogP contribution in [-0.4, -0.2) is 10.3 Å². The van der Waals surface area contributed by atoms with Gasteiger partial charge in [0.1, 0.15) is 0 Å². The van der Waals surface area contributed by atoms with Crippen molar-refractivity contribution in [2.45, 2.75) is 13.3 Å². The highest BCUT2D eigenvalue weighted by molar-refractivity contribution is 9.09. The zero-order valence-corrected chi connectivity index (χ0v) is 8.63. The number of thiazole rings is 1. The highest BCUT2D eigenvalue weighted by Gasteiger charge is 1.90. The summed E-state index contributed by atoms with van der Waals surface area (Å²) in [6.07, 6.45) is 2.74. The molecule has 1 nitrogen and oxygen atoms in total. The van der Waals surface area contributed by atoms with E-state index in [1.54, 1.807) is 11.3 Å². The molecule has 1 aromatic heterocycles. The van der Waals surface area contributed by atoms with Crippen LogP contribution in [0.2, 0.25) is 0 Å². The number of halogens is 1. The highest BCUT2D eigenvalue weighted by atomic mass is 79.9. The van der Waals surface area contributed by atoms with E-state index in [2.05, 4.69) is 32.8 Å². The quantitative estimate of drug-likeness (QED) is 0.533. The molecular formula is C8H8BrNS. The van der Waals surface area contributed by atoms with Crippen LogP contribution in [0.1, 0.15) is 16.3 Å². The fraction of sp³-hybridized carbons (Fsp3) is 0.375. The molecular weight excluding hydrogens is 222 g/mol. The lowest BCUT2D eigenvalue weighted by Gasteiger charge is -1.76. The van der Waals surface area contributed by atoms with Gasteiger partial charge in [-0.05, 0) is 12.8 Å². The van der Waals surface area contributed by atoms with Crippen LogP contribution in [0.4, 0.5) is 0 Å². The fourth-order valence-electron chi connectivity index (χ4n) is 0.598. The third kappa shape index (κ3) is 3.04. The fourth-order valence-corrected chi connectivity index (χ4v) is 1.44.